The van der Waals surface area contributed by atoms with Crippen molar-refractivity contribution in [3.63, 3.8) is 0 Å². The van der Waals surface area contributed by atoms with Gasteiger partial charge in [0.05, 0.1) is 4.34 Å². The number of hydrogen-bond donors (Lipinski definition) is 2. The molecular weight excluding hydrogens is 318 g/mol. The number of hydrogen-bond acceptors (Lipinski definition) is 3. The van der Waals surface area contributed by atoms with Crippen LogP contribution in [0.4, 0.5) is 4.79 Å². The Bertz CT molecular complexity index is 470. The molecule has 2 heterocycles. The molecule has 0 aromatic carbocycles. The predicted octanol–water partition coefficient (Wildman–Crippen LogP) is 3.36. The van der Waals surface area contributed by atoms with Crippen molar-refractivity contribution >= 4 is 29.0 Å². The molecule has 1 aromatic rings. The van der Waals surface area contributed by atoms with Crippen molar-refractivity contribution in [3.8, 4) is 0 Å². The fourth-order valence-corrected chi connectivity index (χ4v) is 3.89. The van der Waals surface area contributed by atoms with E-state index < -0.39 is 0 Å². The van der Waals surface area contributed by atoms with Gasteiger partial charge in [0.2, 0.25) is 0 Å². The number of amides is 2. The third-order valence-corrected chi connectivity index (χ3v) is 5.12. The van der Waals surface area contributed by atoms with Crippen LogP contribution in [0.2, 0.25) is 4.34 Å². The molecule has 1 aromatic heterocycles. The normalized spacial score (nSPS) is 16.9. The molecule has 1 aliphatic rings. The minimum Gasteiger partial charge on any atom is -0.338 e. The van der Waals surface area contributed by atoms with E-state index in [-0.39, 0.29) is 6.03 Å². The number of carbonyl (C=O) groups excluding carboxylic acids is 1. The molecule has 1 fully saturated rings. The average molecular weight is 344 g/mol. The summed E-state index contributed by atoms with van der Waals surface area (Å²) in [6.45, 7) is 8.46. The topological polar surface area (TPSA) is 44.4 Å². The van der Waals surface area contributed by atoms with Crippen molar-refractivity contribution in [3.05, 3.63) is 21.3 Å². The van der Waals surface area contributed by atoms with Crippen LogP contribution in [0, 0.1) is 5.92 Å². The molecule has 124 valence electrons. The molecule has 0 bridgehead atoms. The lowest BCUT2D eigenvalue weighted by Gasteiger charge is -2.33. The zero-order valence-corrected chi connectivity index (χ0v) is 15.0. The summed E-state index contributed by atoms with van der Waals surface area (Å²) in [5.41, 5.74) is 0. The van der Waals surface area contributed by atoms with Crippen LogP contribution in [0.25, 0.3) is 0 Å². The number of halogens is 1. The summed E-state index contributed by atoms with van der Waals surface area (Å²) >= 11 is 7.46. The standard InChI is InChI=1S/C16H26ClN3OS/c1-12(2)11-20-9-6-13(7-10-20)19-16(21)18-8-5-14-3-4-15(17)22-14/h3-4,12-13H,5-11H2,1-2H3,(H2,18,19,21). The van der Waals surface area contributed by atoms with Crippen LogP contribution >= 0.6 is 22.9 Å². The van der Waals surface area contributed by atoms with Gasteiger partial charge in [0, 0.05) is 37.1 Å². The average Bonchev–Trinajstić information content (AvgIpc) is 2.86. The summed E-state index contributed by atoms with van der Waals surface area (Å²) in [4.78, 5) is 15.6. The number of nitrogens with one attached hydrogen (secondary N) is 2. The van der Waals surface area contributed by atoms with Gasteiger partial charge in [0.25, 0.3) is 0 Å². The number of thiophene rings is 1. The Labute approximate surface area is 142 Å². The second-order valence-electron chi connectivity index (χ2n) is 6.32. The van der Waals surface area contributed by atoms with Crippen molar-refractivity contribution in [2.24, 2.45) is 5.92 Å². The Morgan fingerprint density at radius 1 is 1.41 bits per heavy atom. The van der Waals surface area contributed by atoms with E-state index in [1.54, 1.807) is 11.3 Å². The van der Waals surface area contributed by atoms with Crippen molar-refractivity contribution in [1.29, 1.82) is 0 Å². The molecular formula is C16H26ClN3OS. The first-order chi connectivity index (χ1) is 10.5. The van der Waals surface area contributed by atoms with E-state index in [4.69, 9.17) is 11.6 Å². The highest BCUT2D eigenvalue weighted by Gasteiger charge is 2.20. The molecule has 1 saturated heterocycles. The van der Waals surface area contributed by atoms with E-state index >= 15 is 0 Å². The number of rotatable bonds is 6. The van der Waals surface area contributed by atoms with Gasteiger partial charge >= 0.3 is 6.03 Å². The Morgan fingerprint density at radius 3 is 2.73 bits per heavy atom. The highest BCUT2D eigenvalue weighted by Crippen LogP contribution is 2.21. The highest BCUT2D eigenvalue weighted by atomic mass is 35.5. The van der Waals surface area contributed by atoms with Gasteiger partial charge in [-0.1, -0.05) is 25.4 Å². The molecule has 1 aliphatic heterocycles. The highest BCUT2D eigenvalue weighted by molar-refractivity contribution is 7.16. The maximum Gasteiger partial charge on any atom is 0.315 e. The van der Waals surface area contributed by atoms with E-state index in [9.17, 15) is 4.79 Å². The molecule has 6 heteroatoms. The zero-order valence-electron chi connectivity index (χ0n) is 13.4. The molecule has 0 aliphatic carbocycles. The summed E-state index contributed by atoms with van der Waals surface area (Å²) in [7, 11) is 0. The fraction of sp³-hybridized carbons (Fsp3) is 0.688. The molecule has 2 rings (SSSR count). The van der Waals surface area contributed by atoms with Gasteiger partial charge in [-0.25, -0.2) is 4.79 Å². The molecule has 0 saturated carbocycles. The third kappa shape index (κ3) is 6.15. The SMILES string of the molecule is CC(C)CN1CCC(NC(=O)NCCc2ccc(Cl)s2)CC1. The van der Waals surface area contributed by atoms with Gasteiger partial charge in [0.15, 0.2) is 0 Å². The molecule has 0 atom stereocenters. The minimum absolute atomic E-state index is 0.0510. The van der Waals surface area contributed by atoms with Crippen LogP contribution in [0.5, 0.6) is 0 Å². The third-order valence-electron chi connectivity index (χ3n) is 3.83. The lowest BCUT2D eigenvalue weighted by atomic mass is 10.0. The van der Waals surface area contributed by atoms with Crippen LogP contribution in [0.15, 0.2) is 12.1 Å². The van der Waals surface area contributed by atoms with Gasteiger partial charge in [0.1, 0.15) is 0 Å². The molecule has 4 nitrogen and oxygen atoms in total. The monoisotopic (exact) mass is 343 g/mol. The number of piperidine rings is 1. The first-order valence-corrected chi connectivity index (χ1v) is 9.23. The van der Waals surface area contributed by atoms with Crippen LogP contribution in [-0.2, 0) is 6.42 Å². The van der Waals surface area contributed by atoms with Gasteiger partial charge in [-0.05, 0) is 37.3 Å². The van der Waals surface area contributed by atoms with E-state index in [0.717, 1.165) is 43.2 Å². The second-order valence-corrected chi connectivity index (χ2v) is 8.12. The quantitative estimate of drug-likeness (QED) is 0.831. The van der Waals surface area contributed by atoms with Gasteiger partial charge in [-0.3, -0.25) is 0 Å². The lowest BCUT2D eigenvalue weighted by Crippen LogP contribution is -2.48. The largest absolute Gasteiger partial charge is 0.338 e. The van der Waals surface area contributed by atoms with E-state index in [2.05, 4.69) is 29.4 Å². The minimum atomic E-state index is -0.0510. The molecule has 0 spiro atoms. The van der Waals surface area contributed by atoms with Crippen molar-refractivity contribution in [1.82, 2.24) is 15.5 Å². The zero-order chi connectivity index (χ0) is 15.9. The van der Waals surface area contributed by atoms with E-state index in [1.165, 1.54) is 4.88 Å². The summed E-state index contributed by atoms with van der Waals surface area (Å²) in [6.07, 6.45) is 2.92. The summed E-state index contributed by atoms with van der Waals surface area (Å²) < 4.78 is 0.799. The fourth-order valence-electron chi connectivity index (χ4n) is 2.80. The molecule has 0 radical (unpaired) electrons. The Kier molecular flexibility index (Phi) is 6.99. The van der Waals surface area contributed by atoms with Crippen LogP contribution in [0.3, 0.4) is 0 Å². The predicted molar refractivity (Wildman–Crippen MR) is 93.9 cm³/mol. The van der Waals surface area contributed by atoms with Crippen molar-refractivity contribution in [2.45, 2.75) is 39.2 Å². The summed E-state index contributed by atoms with van der Waals surface area (Å²) in [5, 5.41) is 6.02. The van der Waals surface area contributed by atoms with E-state index in [1.807, 2.05) is 12.1 Å². The summed E-state index contributed by atoms with van der Waals surface area (Å²) in [6, 6.07) is 4.16. The Balaban J connectivity index is 1.59. The lowest BCUT2D eigenvalue weighted by molar-refractivity contribution is 0.178. The van der Waals surface area contributed by atoms with Crippen molar-refractivity contribution in [2.75, 3.05) is 26.2 Å². The number of carbonyl (C=O) groups is 1. The van der Waals surface area contributed by atoms with Gasteiger partial charge in [-0.15, -0.1) is 11.3 Å². The maximum atomic E-state index is 11.9. The van der Waals surface area contributed by atoms with Crippen LogP contribution in [0.1, 0.15) is 31.6 Å². The number of likely N-dealkylation sites (tertiary alicyclic amines) is 1. The first-order valence-electron chi connectivity index (χ1n) is 8.04. The number of nitrogens with zero attached hydrogens (tertiary/aromatic N) is 1. The van der Waals surface area contributed by atoms with Crippen LogP contribution in [-0.4, -0.2) is 43.2 Å². The van der Waals surface area contributed by atoms with Gasteiger partial charge in [-0.2, -0.15) is 0 Å². The molecule has 2 N–H and O–H groups in total. The van der Waals surface area contributed by atoms with Crippen molar-refractivity contribution < 1.29 is 4.79 Å². The Hall–Kier alpha value is -0.780. The van der Waals surface area contributed by atoms with E-state index in [0.29, 0.717) is 18.5 Å². The molecule has 22 heavy (non-hydrogen) atoms. The van der Waals surface area contributed by atoms with Crippen LogP contribution < -0.4 is 10.6 Å². The second kappa shape index (κ2) is 8.75. The molecule has 2 amide bonds. The Morgan fingerprint density at radius 2 is 2.14 bits per heavy atom. The maximum absolute atomic E-state index is 11.9. The summed E-state index contributed by atoms with van der Waals surface area (Å²) in [5.74, 6) is 0.707. The smallest absolute Gasteiger partial charge is 0.315 e. The number of urea groups is 1. The van der Waals surface area contributed by atoms with Gasteiger partial charge < -0.3 is 15.5 Å². The first kappa shape index (κ1) is 17.6. The molecule has 0 unspecified atom stereocenters.